The maximum Gasteiger partial charge on any atom is 0.303 e. The first kappa shape index (κ1) is 39.2. The summed E-state index contributed by atoms with van der Waals surface area (Å²) in [4.78, 5) is 49.2. The Balaban J connectivity index is 1.74. The van der Waals surface area contributed by atoms with E-state index in [1.165, 1.54) is 14.0 Å². The number of esters is 3. The Morgan fingerprint density at radius 2 is 1.28 bits per heavy atom. The van der Waals surface area contributed by atoms with Gasteiger partial charge in [0, 0.05) is 27.9 Å². The average Bonchev–Trinajstić information content (AvgIpc) is 3.09. The molecular formula is C35H44ClNO13. The molecule has 2 heterocycles. The van der Waals surface area contributed by atoms with Gasteiger partial charge in [0.15, 0.2) is 24.8 Å². The number of carbonyl (C=O) groups excluding carboxylic acids is 4. The van der Waals surface area contributed by atoms with Crippen molar-refractivity contribution in [2.45, 2.75) is 102 Å². The van der Waals surface area contributed by atoms with Crippen LogP contribution in [0.1, 0.15) is 38.8 Å². The molecule has 15 heteroatoms. The lowest BCUT2D eigenvalue weighted by Gasteiger charge is -2.49. The van der Waals surface area contributed by atoms with E-state index in [-0.39, 0.29) is 13.2 Å². The molecule has 14 nitrogen and oxygen atoms in total. The number of amides is 1. The summed E-state index contributed by atoms with van der Waals surface area (Å²) >= 11 is 5.87. The van der Waals surface area contributed by atoms with Crippen molar-refractivity contribution >= 4 is 35.4 Å². The summed E-state index contributed by atoms with van der Waals surface area (Å²) in [7, 11) is 1.43. The monoisotopic (exact) mass is 721 g/mol. The van der Waals surface area contributed by atoms with Crippen LogP contribution in [-0.4, -0.2) is 105 Å². The van der Waals surface area contributed by atoms with Gasteiger partial charge in [0.1, 0.15) is 42.9 Å². The number of carbonyl (C=O) groups is 4. The Hall–Kier alpha value is -3.63. The van der Waals surface area contributed by atoms with Crippen LogP contribution in [0, 0.1) is 0 Å². The average molecular weight is 722 g/mol. The van der Waals surface area contributed by atoms with Crippen molar-refractivity contribution in [1.29, 1.82) is 0 Å². The van der Waals surface area contributed by atoms with E-state index in [2.05, 4.69) is 5.32 Å². The van der Waals surface area contributed by atoms with Crippen molar-refractivity contribution in [2.75, 3.05) is 19.6 Å². The van der Waals surface area contributed by atoms with E-state index in [4.69, 9.17) is 54.2 Å². The van der Waals surface area contributed by atoms with E-state index in [1.54, 1.807) is 0 Å². The third-order valence-corrected chi connectivity index (χ3v) is 8.21. The minimum atomic E-state index is -1.45. The van der Waals surface area contributed by atoms with Crippen LogP contribution in [0.2, 0.25) is 0 Å². The maximum atomic E-state index is 12.8. The molecule has 2 fully saturated rings. The van der Waals surface area contributed by atoms with Crippen LogP contribution in [0.4, 0.5) is 0 Å². The van der Waals surface area contributed by atoms with Crippen LogP contribution >= 0.6 is 11.6 Å². The molecule has 0 aliphatic carbocycles. The van der Waals surface area contributed by atoms with Crippen molar-refractivity contribution in [3.05, 3.63) is 71.8 Å². The lowest BCUT2D eigenvalue weighted by atomic mass is 9.95. The van der Waals surface area contributed by atoms with E-state index in [9.17, 15) is 19.2 Å². The third-order valence-electron chi connectivity index (χ3n) is 7.97. The zero-order chi connectivity index (χ0) is 36.2. The molecule has 0 spiro atoms. The molecule has 2 aliphatic heterocycles. The summed E-state index contributed by atoms with van der Waals surface area (Å²) in [6.07, 6.45) is -9.59. The molecule has 2 aromatic rings. The van der Waals surface area contributed by atoms with Crippen LogP contribution in [0.5, 0.6) is 0 Å². The Morgan fingerprint density at radius 3 is 1.80 bits per heavy atom. The van der Waals surface area contributed by atoms with Gasteiger partial charge in [0.25, 0.3) is 0 Å². The van der Waals surface area contributed by atoms with E-state index in [0.717, 1.165) is 25.0 Å². The zero-order valence-corrected chi connectivity index (χ0v) is 29.3. The number of alkyl halides is 1. The second-order valence-corrected chi connectivity index (χ2v) is 12.1. The van der Waals surface area contributed by atoms with Crippen LogP contribution in [0.25, 0.3) is 0 Å². The molecule has 0 bridgehead atoms. The van der Waals surface area contributed by atoms with Crippen LogP contribution < -0.4 is 5.32 Å². The van der Waals surface area contributed by atoms with Gasteiger partial charge in [-0.1, -0.05) is 60.7 Å². The van der Waals surface area contributed by atoms with Crippen molar-refractivity contribution in [3.63, 3.8) is 0 Å². The van der Waals surface area contributed by atoms with Crippen molar-refractivity contribution < 1.29 is 61.8 Å². The molecule has 2 saturated heterocycles. The summed E-state index contributed by atoms with van der Waals surface area (Å²) in [5, 5.41) is 2.67. The van der Waals surface area contributed by atoms with Gasteiger partial charge >= 0.3 is 17.9 Å². The predicted molar refractivity (Wildman–Crippen MR) is 175 cm³/mol. The summed E-state index contributed by atoms with van der Waals surface area (Å²) in [5.41, 5.74) is 1.80. The highest BCUT2D eigenvalue weighted by Gasteiger charge is 2.55. The number of halogens is 1. The molecule has 4 rings (SSSR count). The maximum absolute atomic E-state index is 12.8. The topological polar surface area (TPSA) is 163 Å². The smallest absolute Gasteiger partial charge is 0.303 e. The lowest BCUT2D eigenvalue weighted by Crippen LogP contribution is -2.69. The van der Waals surface area contributed by atoms with Gasteiger partial charge in [-0.2, -0.15) is 0 Å². The second kappa shape index (κ2) is 19.1. The predicted octanol–water partition coefficient (Wildman–Crippen LogP) is 2.81. The first-order valence-corrected chi connectivity index (χ1v) is 16.7. The van der Waals surface area contributed by atoms with Crippen molar-refractivity contribution in [3.8, 4) is 0 Å². The molecule has 0 saturated carbocycles. The minimum absolute atomic E-state index is 0.164. The van der Waals surface area contributed by atoms with Crippen LogP contribution in [0.3, 0.4) is 0 Å². The second-order valence-electron chi connectivity index (χ2n) is 11.8. The van der Waals surface area contributed by atoms with Gasteiger partial charge in [-0.05, 0) is 18.1 Å². The number of hydrogen-bond acceptors (Lipinski definition) is 13. The fourth-order valence-electron chi connectivity index (χ4n) is 5.81. The highest BCUT2D eigenvalue weighted by atomic mass is 35.5. The molecule has 1 N–H and O–H groups in total. The molecule has 2 aliphatic rings. The summed E-state index contributed by atoms with van der Waals surface area (Å²) in [5.74, 6) is -3.27. The lowest BCUT2D eigenvalue weighted by molar-refractivity contribution is -0.357. The molecule has 1 amide bonds. The van der Waals surface area contributed by atoms with Crippen molar-refractivity contribution in [2.24, 2.45) is 0 Å². The number of benzene rings is 2. The van der Waals surface area contributed by atoms with E-state index < -0.39 is 97.7 Å². The quantitative estimate of drug-likeness (QED) is 0.162. The van der Waals surface area contributed by atoms with Crippen LogP contribution in [0.15, 0.2) is 60.7 Å². The fourth-order valence-corrected chi connectivity index (χ4v) is 5.89. The number of hydrogen-bond donors (Lipinski definition) is 1. The normalized spacial score (nSPS) is 29.4. The molecule has 0 radical (unpaired) electrons. The molecular weight excluding hydrogens is 678 g/mol. The summed E-state index contributed by atoms with van der Waals surface area (Å²) in [6, 6.07) is 17.8. The SMILES string of the molecule is CO[C@@H]1O[C@@H](C)[C@H](OCc2ccccc2)[C@@H](OCc2ccccc2)[C@H]1O[C@@H]1O[C@H](COC(C)=O)[C@@H](OC(C)=O)[C@H](OC(C)=O)[C@H]1NC(=O)CCl. The van der Waals surface area contributed by atoms with Crippen molar-refractivity contribution in [1.82, 2.24) is 5.32 Å². The van der Waals surface area contributed by atoms with E-state index in [1.807, 2.05) is 67.6 Å². The van der Waals surface area contributed by atoms with E-state index in [0.29, 0.717) is 0 Å². The fraction of sp³-hybridized carbons (Fsp3) is 0.543. The van der Waals surface area contributed by atoms with Gasteiger partial charge in [-0.25, -0.2) is 0 Å². The van der Waals surface area contributed by atoms with Crippen LogP contribution in [-0.2, 0) is 75.0 Å². The van der Waals surface area contributed by atoms with E-state index >= 15 is 0 Å². The Bertz CT molecular complexity index is 1400. The molecule has 274 valence electrons. The number of rotatable bonds is 15. The van der Waals surface area contributed by atoms with Gasteiger partial charge in [0.05, 0.1) is 19.3 Å². The van der Waals surface area contributed by atoms with Gasteiger partial charge in [-0.3, -0.25) is 19.2 Å². The Labute approximate surface area is 295 Å². The zero-order valence-electron chi connectivity index (χ0n) is 28.6. The minimum Gasteiger partial charge on any atom is -0.463 e. The molecule has 0 unspecified atom stereocenters. The standard InChI is InChI=1S/C35H44ClNO13/c1-20-29(44-17-24-12-8-6-9-13-24)32(45-18-25-14-10-7-11-15-25)33(35(42-5)46-20)50-34-28(37-27(41)16-36)31(48-23(4)40)30(47-22(3)39)26(49-34)19-43-21(2)38/h6-15,20,26,28-35H,16-19H2,1-5H3,(H,37,41)/t20-,26+,28+,29-,30+,31+,32+,33+,34-,35+/m0/s1. The number of methoxy groups -OCH3 is 1. The Kier molecular flexibility index (Phi) is 15.0. The molecule has 0 aromatic heterocycles. The van der Waals surface area contributed by atoms with Gasteiger partial charge in [0.2, 0.25) is 5.91 Å². The molecule has 50 heavy (non-hydrogen) atoms. The number of nitrogens with one attached hydrogen (secondary N) is 1. The largest absolute Gasteiger partial charge is 0.463 e. The molecule has 2 aromatic carbocycles. The summed E-state index contributed by atoms with van der Waals surface area (Å²) < 4.78 is 54.2. The summed E-state index contributed by atoms with van der Waals surface area (Å²) in [6.45, 7) is 5.30. The van der Waals surface area contributed by atoms with Gasteiger partial charge in [-0.15, -0.1) is 11.6 Å². The molecule has 10 atom stereocenters. The highest BCUT2D eigenvalue weighted by Crippen LogP contribution is 2.34. The number of ether oxygens (including phenoxy) is 9. The first-order valence-electron chi connectivity index (χ1n) is 16.1. The Morgan fingerprint density at radius 1 is 0.720 bits per heavy atom. The highest BCUT2D eigenvalue weighted by molar-refractivity contribution is 6.27. The van der Waals surface area contributed by atoms with Gasteiger partial charge < -0.3 is 47.9 Å². The first-order chi connectivity index (χ1) is 24.0. The third kappa shape index (κ3) is 10.9.